The van der Waals surface area contributed by atoms with Gasteiger partial charge >= 0.3 is 5.97 Å². The van der Waals surface area contributed by atoms with Gasteiger partial charge < -0.3 is 4.74 Å². The van der Waals surface area contributed by atoms with Gasteiger partial charge in [-0.15, -0.1) is 0 Å². The summed E-state index contributed by atoms with van der Waals surface area (Å²) in [6, 6.07) is 6.18. The van der Waals surface area contributed by atoms with Crippen LogP contribution >= 0.6 is 0 Å². The van der Waals surface area contributed by atoms with Crippen molar-refractivity contribution in [3.8, 4) is 6.07 Å². The van der Waals surface area contributed by atoms with Crippen molar-refractivity contribution in [2.24, 2.45) is 0 Å². The number of nitro groups is 1. The number of carbonyl (C=O) groups excluding carboxylic acids is 1. The molecule has 0 bridgehead atoms. The molecule has 1 rings (SSSR count). The quantitative estimate of drug-likeness (QED) is 0.272. The second-order valence-corrected chi connectivity index (χ2v) is 3.69. The zero-order chi connectivity index (χ0) is 14.4. The van der Waals surface area contributed by atoms with E-state index in [0.29, 0.717) is 11.1 Å². The maximum Gasteiger partial charge on any atom is 0.348 e. The van der Waals surface area contributed by atoms with Gasteiger partial charge in [-0.25, -0.2) is 4.79 Å². The number of esters is 1. The normalized spacial score (nSPS) is 10.7. The number of benzene rings is 1. The molecule has 1 aromatic rings. The third-order valence-corrected chi connectivity index (χ3v) is 2.36. The molecule has 19 heavy (non-hydrogen) atoms. The fourth-order valence-electron chi connectivity index (χ4n) is 1.43. The molecule has 0 aliphatic carbocycles. The molecule has 0 heterocycles. The fourth-order valence-corrected chi connectivity index (χ4v) is 1.43. The predicted molar refractivity (Wildman–Crippen MR) is 68.1 cm³/mol. The Morgan fingerprint density at radius 3 is 2.79 bits per heavy atom. The Hall–Kier alpha value is -2.68. The molecule has 0 fully saturated rings. The monoisotopic (exact) mass is 260 g/mol. The van der Waals surface area contributed by atoms with E-state index in [-0.39, 0.29) is 17.9 Å². The van der Waals surface area contributed by atoms with Gasteiger partial charge in [-0.3, -0.25) is 10.1 Å². The van der Waals surface area contributed by atoms with E-state index in [1.54, 1.807) is 32.0 Å². The van der Waals surface area contributed by atoms with Crippen molar-refractivity contribution in [2.75, 3.05) is 6.61 Å². The third kappa shape index (κ3) is 3.64. The van der Waals surface area contributed by atoms with Crippen molar-refractivity contribution >= 4 is 17.7 Å². The molecule has 0 saturated heterocycles. The first-order valence-electron chi connectivity index (χ1n) is 5.53. The van der Waals surface area contributed by atoms with Crippen LogP contribution in [0.25, 0.3) is 6.08 Å². The summed E-state index contributed by atoms with van der Waals surface area (Å²) in [6.45, 7) is 3.40. The lowest BCUT2D eigenvalue weighted by Gasteiger charge is -2.01. The van der Waals surface area contributed by atoms with E-state index >= 15 is 0 Å². The molecule has 0 atom stereocenters. The number of nitrogens with zero attached hydrogens (tertiary/aromatic N) is 2. The van der Waals surface area contributed by atoms with Gasteiger partial charge in [0, 0.05) is 11.6 Å². The standard InChI is InChI=1S/C13H12N2O4/c1-3-19-13(16)11(8-14)6-10-5-4-9(2)12(7-10)15(17)18/h4-7H,3H2,1-2H3/b11-6+. The smallest absolute Gasteiger partial charge is 0.348 e. The Morgan fingerprint density at radius 2 is 2.26 bits per heavy atom. The Kier molecular flexibility index (Phi) is 4.77. The lowest BCUT2D eigenvalue weighted by atomic mass is 10.1. The predicted octanol–water partition coefficient (Wildman–Crippen LogP) is 2.37. The molecule has 0 unspecified atom stereocenters. The number of nitriles is 1. The average molecular weight is 260 g/mol. The summed E-state index contributed by atoms with van der Waals surface area (Å²) < 4.78 is 4.70. The van der Waals surface area contributed by atoms with Gasteiger partial charge in [0.05, 0.1) is 11.5 Å². The van der Waals surface area contributed by atoms with Crippen LogP contribution in [-0.2, 0) is 9.53 Å². The molecule has 98 valence electrons. The number of nitro benzene ring substituents is 1. The molecule has 0 radical (unpaired) electrons. The third-order valence-electron chi connectivity index (χ3n) is 2.36. The van der Waals surface area contributed by atoms with E-state index in [1.165, 1.54) is 12.1 Å². The number of ether oxygens (including phenoxy) is 1. The van der Waals surface area contributed by atoms with Crippen LogP contribution in [0.15, 0.2) is 23.8 Å². The SMILES string of the molecule is CCOC(=O)/C(C#N)=C/c1ccc(C)c([N+](=O)[O-])c1. The van der Waals surface area contributed by atoms with Crippen LogP contribution in [0.1, 0.15) is 18.1 Å². The Morgan fingerprint density at radius 1 is 1.58 bits per heavy atom. The van der Waals surface area contributed by atoms with Gasteiger partial charge in [0.2, 0.25) is 0 Å². The Bertz CT molecular complexity index is 585. The zero-order valence-corrected chi connectivity index (χ0v) is 10.5. The lowest BCUT2D eigenvalue weighted by Crippen LogP contribution is -2.06. The van der Waals surface area contributed by atoms with Gasteiger partial charge in [0.15, 0.2) is 0 Å². The first kappa shape index (κ1) is 14.4. The molecule has 1 aromatic carbocycles. The van der Waals surface area contributed by atoms with Crippen molar-refractivity contribution < 1.29 is 14.5 Å². The molecule has 0 saturated carbocycles. The summed E-state index contributed by atoms with van der Waals surface area (Å²) >= 11 is 0. The molecule has 0 amide bonds. The summed E-state index contributed by atoms with van der Waals surface area (Å²) in [5.74, 6) is -0.742. The van der Waals surface area contributed by atoms with E-state index in [1.807, 2.05) is 0 Å². The summed E-state index contributed by atoms with van der Waals surface area (Å²) in [5.41, 5.74) is 0.661. The second-order valence-electron chi connectivity index (χ2n) is 3.69. The molecule has 0 spiro atoms. The molecule has 0 aliphatic heterocycles. The van der Waals surface area contributed by atoms with Crippen LogP contribution in [0.5, 0.6) is 0 Å². The molecule has 0 aromatic heterocycles. The highest BCUT2D eigenvalue weighted by molar-refractivity contribution is 5.97. The van der Waals surface area contributed by atoms with Crippen LogP contribution in [-0.4, -0.2) is 17.5 Å². The van der Waals surface area contributed by atoms with E-state index in [0.717, 1.165) is 0 Å². The maximum absolute atomic E-state index is 11.4. The number of hydrogen-bond donors (Lipinski definition) is 0. The molecule has 6 nitrogen and oxygen atoms in total. The van der Waals surface area contributed by atoms with E-state index in [4.69, 9.17) is 10.00 Å². The highest BCUT2D eigenvalue weighted by Gasteiger charge is 2.13. The van der Waals surface area contributed by atoms with Crippen LogP contribution in [0.3, 0.4) is 0 Å². The number of aryl methyl sites for hydroxylation is 1. The minimum absolute atomic E-state index is 0.0603. The molecule has 6 heteroatoms. The van der Waals surface area contributed by atoms with Gasteiger partial charge in [0.25, 0.3) is 5.69 Å². The van der Waals surface area contributed by atoms with Crippen LogP contribution in [0.4, 0.5) is 5.69 Å². The van der Waals surface area contributed by atoms with Crippen LogP contribution in [0.2, 0.25) is 0 Å². The number of carbonyl (C=O) groups is 1. The second kappa shape index (κ2) is 6.31. The van der Waals surface area contributed by atoms with Crippen molar-refractivity contribution in [1.29, 1.82) is 5.26 Å². The summed E-state index contributed by atoms with van der Waals surface area (Å²) in [6.07, 6.45) is 1.27. The Labute approximate surface area is 110 Å². The molecular weight excluding hydrogens is 248 g/mol. The first-order chi connectivity index (χ1) is 8.99. The number of hydrogen-bond acceptors (Lipinski definition) is 5. The Balaban J connectivity index is 3.17. The zero-order valence-electron chi connectivity index (χ0n) is 10.5. The van der Waals surface area contributed by atoms with Crippen LogP contribution < -0.4 is 0 Å². The van der Waals surface area contributed by atoms with Crippen molar-refractivity contribution in [3.63, 3.8) is 0 Å². The highest BCUT2D eigenvalue weighted by atomic mass is 16.6. The minimum Gasteiger partial charge on any atom is -0.462 e. The molecular formula is C13H12N2O4. The van der Waals surface area contributed by atoms with Gasteiger partial charge in [-0.1, -0.05) is 12.1 Å². The largest absolute Gasteiger partial charge is 0.462 e. The van der Waals surface area contributed by atoms with Crippen molar-refractivity contribution in [2.45, 2.75) is 13.8 Å². The van der Waals surface area contributed by atoms with E-state index in [9.17, 15) is 14.9 Å². The highest BCUT2D eigenvalue weighted by Crippen LogP contribution is 2.21. The lowest BCUT2D eigenvalue weighted by molar-refractivity contribution is -0.385. The van der Waals surface area contributed by atoms with Gasteiger partial charge in [0.1, 0.15) is 11.6 Å². The van der Waals surface area contributed by atoms with Crippen molar-refractivity contribution in [3.05, 3.63) is 45.0 Å². The topological polar surface area (TPSA) is 93.2 Å². The average Bonchev–Trinajstić information content (AvgIpc) is 2.37. The minimum atomic E-state index is -0.742. The first-order valence-corrected chi connectivity index (χ1v) is 5.53. The summed E-state index contributed by atoms with van der Waals surface area (Å²) in [5, 5.41) is 19.7. The fraction of sp³-hybridized carbons (Fsp3) is 0.231. The molecule has 0 N–H and O–H groups in total. The summed E-state index contributed by atoms with van der Waals surface area (Å²) in [7, 11) is 0. The van der Waals surface area contributed by atoms with E-state index in [2.05, 4.69) is 0 Å². The van der Waals surface area contributed by atoms with Crippen LogP contribution in [0, 0.1) is 28.4 Å². The maximum atomic E-state index is 11.4. The van der Waals surface area contributed by atoms with Gasteiger partial charge in [-0.05, 0) is 25.5 Å². The number of rotatable bonds is 4. The summed E-state index contributed by atoms with van der Waals surface area (Å²) in [4.78, 5) is 21.7. The van der Waals surface area contributed by atoms with E-state index < -0.39 is 10.9 Å². The molecule has 0 aliphatic rings. The van der Waals surface area contributed by atoms with Gasteiger partial charge in [-0.2, -0.15) is 5.26 Å². The van der Waals surface area contributed by atoms with Crippen molar-refractivity contribution in [1.82, 2.24) is 0 Å².